The van der Waals surface area contributed by atoms with Gasteiger partial charge in [0.25, 0.3) is 0 Å². The van der Waals surface area contributed by atoms with Crippen LogP contribution in [-0.2, 0) is 20.1 Å². The summed E-state index contributed by atoms with van der Waals surface area (Å²) < 4.78 is 10.1. The Kier molecular flexibility index (Phi) is 5.88. The first kappa shape index (κ1) is 25.5. The van der Waals surface area contributed by atoms with Gasteiger partial charge in [-0.25, -0.2) is 4.98 Å². The number of benzene rings is 3. The number of aryl methyl sites for hydroxylation is 1. The molecule has 0 aliphatic rings. The normalized spacial score (nSPS) is 11.7. The zero-order valence-corrected chi connectivity index (χ0v) is 26.2. The average molecular weight is 755 g/mol. The van der Waals surface area contributed by atoms with E-state index >= 15 is 0 Å². The summed E-state index contributed by atoms with van der Waals surface area (Å²) in [6.07, 6.45) is 3.83. The summed E-state index contributed by atoms with van der Waals surface area (Å²) in [5.74, 6) is 0.920. The predicted octanol–water partition coefficient (Wildman–Crippen LogP) is 9.09. The minimum Gasteiger partial charge on any atom is -0.306 e. The molecule has 42 heavy (non-hydrogen) atoms. The molecule has 0 amide bonds. The first-order valence-corrected chi connectivity index (χ1v) is 15.0. The topological polar surface area (TPSA) is 48.0 Å². The third kappa shape index (κ3) is 3.66. The summed E-state index contributed by atoms with van der Waals surface area (Å²) in [5.41, 5.74) is 9.93. The van der Waals surface area contributed by atoms with Gasteiger partial charge >= 0.3 is 0 Å². The van der Waals surface area contributed by atoms with Crippen molar-refractivity contribution in [3.05, 3.63) is 114 Å². The number of fused-ring (bicyclic) bond motifs is 9. The zero-order chi connectivity index (χ0) is 27.1. The SMILES string of the molecule is Cc1cc2c3ns[c-]c3n3ncc(-c4cccc(-c5ccc6c(c5)c5ccccc5n6-c5ccccn5)c4)c3c2s1.[Ir]. The molecule has 0 saturated carbocycles. The van der Waals surface area contributed by atoms with Crippen molar-refractivity contribution in [2.45, 2.75) is 6.92 Å². The Hall–Kier alpha value is -4.20. The van der Waals surface area contributed by atoms with E-state index in [-0.39, 0.29) is 20.1 Å². The molecule has 1 radical (unpaired) electrons. The summed E-state index contributed by atoms with van der Waals surface area (Å²) in [6.45, 7) is 2.15. The zero-order valence-electron chi connectivity index (χ0n) is 22.2. The standard InChI is InChI=1S/C34H20N5S2.Ir/c1-20-15-26-32-30(19-40-37-32)39-33(34(26)41-20)27(18-36-39)23-8-6-7-21(16-23)22-12-13-29-25(17-22)24-9-2-3-10-28(24)38(29)31-11-4-5-14-35-31;/h2-18H,1H3;/q-1;. The van der Waals surface area contributed by atoms with E-state index < -0.39 is 0 Å². The van der Waals surface area contributed by atoms with Crippen LogP contribution in [0.5, 0.6) is 0 Å². The van der Waals surface area contributed by atoms with E-state index in [9.17, 15) is 0 Å². The quantitative estimate of drug-likeness (QED) is 0.169. The monoisotopic (exact) mass is 755 g/mol. The van der Waals surface area contributed by atoms with Crippen molar-refractivity contribution in [3.8, 4) is 28.1 Å². The largest absolute Gasteiger partial charge is 0.306 e. The van der Waals surface area contributed by atoms with Crippen molar-refractivity contribution >= 4 is 71.3 Å². The van der Waals surface area contributed by atoms with Crippen molar-refractivity contribution in [3.63, 3.8) is 0 Å². The molecule has 0 fully saturated rings. The predicted molar refractivity (Wildman–Crippen MR) is 170 cm³/mol. The molecule has 0 aliphatic carbocycles. The summed E-state index contributed by atoms with van der Waals surface area (Å²) >= 11 is 3.16. The van der Waals surface area contributed by atoms with Crippen molar-refractivity contribution in [1.29, 1.82) is 0 Å². The molecule has 9 aromatic rings. The summed E-state index contributed by atoms with van der Waals surface area (Å²) in [5, 5.41) is 11.8. The molecule has 6 heterocycles. The second kappa shape index (κ2) is 9.68. The third-order valence-electron chi connectivity index (χ3n) is 7.87. The molecule has 0 aliphatic heterocycles. The molecule has 3 aromatic carbocycles. The number of hydrogen-bond donors (Lipinski definition) is 0. The number of pyridine rings is 2. The fourth-order valence-corrected chi connectivity index (χ4v) is 7.74. The van der Waals surface area contributed by atoms with E-state index in [1.54, 1.807) is 11.3 Å². The first-order chi connectivity index (χ1) is 20.2. The van der Waals surface area contributed by atoms with Crippen molar-refractivity contribution < 1.29 is 20.1 Å². The third-order valence-corrected chi connectivity index (χ3v) is 9.48. The van der Waals surface area contributed by atoms with Gasteiger partial charge in [0.2, 0.25) is 0 Å². The molecule has 0 spiro atoms. The number of para-hydroxylation sites is 1. The van der Waals surface area contributed by atoms with Gasteiger partial charge in [0.15, 0.2) is 0 Å². The van der Waals surface area contributed by atoms with Gasteiger partial charge in [-0.05, 0) is 65.5 Å². The summed E-state index contributed by atoms with van der Waals surface area (Å²) in [4.78, 5) is 5.92. The molecular formula is C34H20IrN5S2-. The number of aromatic nitrogens is 5. The fourth-order valence-electron chi connectivity index (χ4n) is 6.09. The van der Waals surface area contributed by atoms with E-state index in [2.05, 4.69) is 105 Å². The van der Waals surface area contributed by atoms with Crippen LogP contribution in [0.25, 0.3) is 76.5 Å². The van der Waals surface area contributed by atoms with E-state index in [1.807, 2.05) is 29.0 Å². The number of hydrogen-bond acceptors (Lipinski definition) is 5. The van der Waals surface area contributed by atoms with Gasteiger partial charge in [-0.15, -0.1) is 16.7 Å². The summed E-state index contributed by atoms with van der Waals surface area (Å²) in [7, 11) is 0. The van der Waals surface area contributed by atoms with E-state index in [4.69, 9.17) is 5.10 Å². The molecule has 8 heteroatoms. The van der Waals surface area contributed by atoms with Crippen LogP contribution < -0.4 is 0 Å². The Labute approximate surface area is 262 Å². The van der Waals surface area contributed by atoms with Crippen LogP contribution in [0.1, 0.15) is 4.88 Å². The van der Waals surface area contributed by atoms with Crippen LogP contribution in [0.3, 0.4) is 0 Å². The molecule has 0 atom stereocenters. The van der Waals surface area contributed by atoms with Crippen LogP contribution in [0.4, 0.5) is 0 Å². The number of nitrogens with zero attached hydrogens (tertiary/aromatic N) is 5. The molecule has 0 N–H and O–H groups in total. The van der Waals surface area contributed by atoms with Crippen molar-refractivity contribution in [2.24, 2.45) is 0 Å². The number of thiophene rings is 1. The number of rotatable bonds is 3. The molecule has 203 valence electrons. The van der Waals surface area contributed by atoms with Crippen LogP contribution in [0.2, 0.25) is 0 Å². The molecule has 0 unspecified atom stereocenters. The molecule has 0 bridgehead atoms. The van der Waals surface area contributed by atoms with E-state index in [0.29, 0.717) is 0 Å². The second-order valence-corrected chi connectivity index (χ2v) is 12.1. The van der Waals surface area contributed by atoms with Gasteiger partial charge in [-0.3, -0.25) is 9.08 Å². The molecule has 5 nitrogen and oxygen atoms in total. The van der Waals surface area contributed by atoms with Gasteiger partial charge < -0.3 is 4.37 Å². The maximum absolute atomic E-state index is 4.81. The Morgan fingerprint density at radius 1 is 0.762 bits per heavy atom. The average Bonchev–Trinajstić information content (AvgIpc) is 3.80. The van der Waals surface area contributed by atoms with Gasteiger partial charge in [0.1, 0.15) is 5.82 Å². The minimum absolute atomic E-state index is 0. The molecular weight excluding hydrogens is 735 g/mol. The van der Waals surface area contributed by atoms with Gasteiger partial charge in [0.05, 0.1) is 22.7 Å². The van der Waals surface area contributed by atoms with Crippen LogP contribution >= 0.6 is 22.9 Å². The first-order valence-electron chi connectivity index (χ1n) is 13.4. The Morgan fingerprint density at radius 2 is 1.60 bits per heavy atom. The van der Waals surface area contributed by atoms with Crippen molar-refractivity contribution in [2.75, 3.05) is 0 Å². The Bertz CT molecular complexity index is 2450. The van der Waals surface area contributed by atoms with E-state index in [0.717, 1.165) is 44.5 Å². The van der Waals surface area contributed by atoms with Gasteiger partial charge in [-0.2, -0.15) is 16.6 Å². The molecule has 0 saturated heterocycles. The molecule has 6 aromatic heterocycles. The molecule has 9 rings (SSSR count). The fraction of sp³-hybridized carbons (Fsp3) is 0.0294. The van der Waals surface area contributed by atoms with Gasteiger partial charge in [0, 0.05) is 52.2 Å². The van der Waals surface area contributed by atoms with Gasteiger partial charge in [-0.1, -0.05) is 65.5 Å². The van der Waals surface area contributed by atoms with Crippen molar-refractivity contribution in [1.82, 2.24) is 23.5 Å². The smallest absolute Gasteiger partial charge is 0.137 e. The van der Waals surface area contributed by atoms with E-state index in [1.165, 1.54) is 48.4 Å². The Morgan fingerprint density at radius 3 is 2.50 bits per heavy atom. The van der Waals surface area contributed by atoms with Crippen LogP contribution in [-0.4, -0.2) is 23.5 Å². The maximum Gasteiger partial charge on any atom is 0.137 e. The van der Waals surface area contributed by atoms with Crippen LogP contribution in [0.15, 0.2) is 103 Å². The minimum atomic E-state index is 0. The second-order valence-electron chi connectivity index (χ2n) is 10.3. The van der Waals surface area contributed by atoms with Crippen LogP contribution in [0, 0.1) is 12.3 Å². The summed E-state index contributed by atoms with van der Waals surface area (Å²) in [6, 6.07) is 32.4. The maximum atomic E-state index is 4.81. The Balaban J connectivity index is 0.00000267.